The Labute approximate surface area is 108 Å². The van der Waals surface area contributed by atoms with Gasteiger partial charge in [-0.1, -0.05) is 11.6 Å². The molecule has 18 heavy (non-hydrogen) atoms. The topological polar surface area (TPSA) is 93.8 Å². The van der Waals surface area contributed by atoms with E-state index < -0.39 is 0 Å². The van der Waals surface area contributed by atoms with E-state index in [1.807, 2.05) is 0 Å². The molecular formula is C11H10ClN5O. The fourth-order valence-electron chi connectivity index (χ4n) is 1.35. The predicted molar refractivity (Wildman–Crippen MR) is 66.9 cm³/mol. The molecular weight excluding hydrogens is 254 g/mol. The first-order chi connectivity index (χ1) is 8.65. The maximum absolute atomic E-state index is 11.8. The van der Waals surface area contributed by atoms with Crippen LogP contribution in [0.15, 0.2) is 30.5 Å². The second kappa shape index (κ2) is 5.42. The minimum atomic E-state index is -0.295. The van der Waals surface area contributed by atoms with Gasteiger partial charge in [-0.15, -0.1) is 0 Å². The van der Waals surface area contributed by atoms with E-state index in [1.54, 1.807) is 18.3 Å². The number of nitrogens with one attached hydrogen (secondary N) is 1. The first kappa shape index (κ1) is 12.3. The van der Waals surface area contributed by atoms with Crippen molar-refractivity contribution in [1.29, 1.82) is 0 Å². The average molecular weight is 264 g/mol. The van der Waals surface area contributed by atoms with Crippen LogP contribution in [-0.2, 0) is 6.54 Å². The molecule has 2 heterocycles. The number of carbonyl (C=O) groups excluding carboxylic acids is 1. The summed E-state index contributed by atoms with van der Waals surface area (Å²) in [6, 6.07) is 6.42. The lowest BCUT2D eigenvalue weighted by atomic mass is 10.2. The third kappa shape index (κ3) is 3.14. The fraction of sp³-hybridized carbons (Fsp3) is 0.0909. The number of carbonyl (C=O) groups is 1. The number of pyridine rings is 1. The number of amides is 1. The number of nitrogens with zero attached hydrogens (tertiary/aromatic N) is 3. The zero-order valence-electron chi connectivity index (χ0n) is 9.30. The zero-order chi connectivity index (χ0) is 13.0. The molecule has 7 heteroatoms. The van der Waals surface area contributed by atoms with Crippen molar-refractivity contribution in [2.75, 3.05) is 5.73 Å². The summed E-state index contributed by atoms with van der Waals surface area (Å²) >= 11 is 5.72. The number of halogens is 1. The number of anilines is 1. The first-order valence-electron chi connectivity index (χ1n) is 5.13. The van der Waals surface area contributed by atoms with Crippen LogP contribution in [-0.4, -0.2) is 21.1 Å². The normalized spacial score (nSPS) is 10.1. The average Bonchev–Trinajstić information content (AvgIpc) is 2.36. The summed E-state index contributed by atoms with van der Waals surface area (Å²) in [6.45, 7) is 0.284. The van der Waals surface area contributed by atoms with E-state index in [1.165, 1.54) is 12.1 Å². The van der Waals surface area contributed by atoms with E-state index in [0.29, 0.717) is 11.3 Å². The Balaban J connectivity index is 2.04. The molecule has 0 bridgehead atoms. The molecule has 0 aliphatic heterocycles. The van der Waals surface area contributed by atoms with Gasteiger partial charge in [-0.3, -0.25) is 4.79 Å². The van der Waals surface area contributed by atoms with Gasteiger partial charge in [0.2, 0.25) is 0 Å². The van der Waals surface area contributed by atoms with Crippen molar-refractivity contribution in [2.24, 2.45) is 0 Å². The van der Waals surface area contributed by atoms with Gasteiger partial charge in [0.15, 0.2) is 0 Å². The van der Waals surface area contributed by atoms with Gasteiger partial charge < -0.3 is 11.1 Å². The van der Waals surface area contributed by atoms with Crippen LogP contribution < -0.4 is 11.1 Å². The Morgan fingerprint density at radius 2 is 2.28 bits per heavy atom. The van der Waals surface area contributed by atoms with Crippen LogP contribution in [0.5, 0.6) is 0 Å². The smallest absolute Gasteiger partial charge is 0.251 e. The molecule has 0 radical (unpaired) electrons. The van der Waals surface area contributed by atoms with Crippen LogP contribution in [0.1, 0.15) is 16.1 Å². The molecule has 0 spiro atoms. The van der Waals surface area contributed by atoms with Crippen LogP contribution in [0.4, 0.5) is 5.82 Å². The maximum atomic E-state index is 11.8. The maximum Gasteiger partial charge on any atom is 0.251 e. The highest BCUT2D eigenvalue weighted by Gasteiger charge is 2.08. The molecule has 2 rings (SSSR count). The van der Waals surface area contributed by atoms with Crippen LogP contribution >= 0.6 is 11.6 Å². The molecule has 92 valence electrons. The highest BCUT2D eigenvalue weighted by molar-refractivity contribution is 6.29. The monoisotopic (exact) mass is 263 g/mol. The van der Waals surface area contributed by atoms with Gasteiger partial charge in [-0.2, -0.15) is 10.2 Å². The molecule has 0 atom stereocenters. The summed E-state index contributed by atoms with van der Waals surface area (Å²) in [5.74, 6) is -0.0937. The van der Waals surface area contributed by atoms with Crippen molar-refractivity contribution in [2.45, 2.75) is 6.54 Å². The Morgan fingerprint density at radius 3 is 2.94 bits per heavy atom. The summed E-state index contributed by atoms with van der Waals surface area (Å²) < 4.78 is 0. The molecule has 0 saturated carbocycles. The van der Waals surface area contributed by atoms with Gasteiger partial charge in [-0.25, -0.2) is 4.98 Å². The molecule has 0 aromatic carbocycles. The van der Waals surface area contributed by atoms with Gasteiger partial charge in [0, 0.05) is 11.8 Å². The van der Waals surface area contributed by atoms with Crippen molar-refractivity contribution in [1.82, 2.24) is 20.5 Å². The lowest BCUT2D eigenvalue weighted by Crippen LogP contribution is -2.23. The number of nitrogen functional groups attached to an aromatic ring is 1. The van der Waals surface area contributed by atoms with Gasteiger partial charge in [0.05, 0.1) is 12.2 Å². The molecule has 0 aliphatic carbocycles. The molecule has 2 aromatic rings. The molecule has 1 amide bonds. The Morgan fingerprint density at radius 1 is 1.44 bits per heavy atom. The summed E-state index contributed by atoms with van der Waals surface area (Å²) in [7, 11) is 0. The standard InChI is InChI=1S/C11H10ClN5O/c12-9-4-7(5-10(13)16-9)11(18)14-6-8-2-1-3-15-17-8/h1-5H,6H2,(H2,13,16)(H,14,18). The summed E-state index contributed by atoms with van der Waals surface area (Å²) in [5.41, 5.74) is 6.53. The van der Waals surface area contributed by atoms with E-state index in [-0.39, 0.29) is 23.4 Å². The Hall–Kier alpha value is -2.21. The molecule has 6 nitrogen and oxygen atoms in total. The number of hydrogen-bond donors (Lipinski definition) is 2. The van der Waals surface area contributed by atoms with E-state index in [9.17, 15) is 4.79 Å². The lowest BCUT2D eigenvalue weighted by Gasteiger charge is -2.05. The second-order valence-electron chi connectivity index (χ2n) is 3.50. The highest BCUT2D eigenvalue weighted by Crippen LogP contribution is 2.12. The minimum Gasteiger partial charge on any atom is -0.384 e. The summed E-state index contributed by atoms with van der Waals surface area (Å²) in [6.07, 6.45) is 1.56. The summed E-state index contributed by atoms with van der Waals surface area (Å²) in [4.78, 5) is 15.6. The largest absolute Gasteiger partial charge is 0.384 e. The molecule has 3 N–H and O–H groups in total. The molecule has 0 unspecified atom stereocenters. The Bertz CT molecular complexity index is 540. The van der Waals surface area contributed by atoms with Gasteiger partial charge in [0.1, 0.15) is 11.0 Å². The van der Waals surface area contributed by atoms with Crippen LogP contribution in [0.2, 0.25) is 5.15 Å². The van der Waals surface area contributed by atoms with Gasteiger partial charge in [-0.05, 0) is 24.3 Å². The summed E-state index contributed by atoms with van der Waals surface area (Å²) in [5, 5.41) is 10.4. The minimum absolute atomic E-state index is 0.180. The van der Waals surface area contributed by atoms with E-state index in [4.69, 9.17) is 17.3 Å². The van der Waals surface area contributed by atoms with Crippen LogP contribution in [0.25, 0.3) is 0 Å². The van der Waals surface area contributed by atoms with Crippen molar-refractivity contribution in [3.05, 3.63) is 46.9 Å². The number of nitrogens with two attached hydrogens (primary N) is 1. The Kier molecular flexibility index (Phi) is 3.69. The molecule has 0 saturated heterocycles. The number of hydrogen-bond acceptors (Lipinski definition) is 5. The van der Waals surface area contributed by atoms with Crippen molar-refractivity contribution < 1.29 is 4.79 Å². The fourth-order valence-corrected chi connectivity index (χ4v) is 1.56. The highest BCUT2D eigenvalue weighted by atomic mass is 35.5. The molecule has 0 fully saturated rings. The first-order valence-corrected chi connectivity index (χ1v) is 5.51. The van der Waals surface area contributed by atoms with Crippen molar-refractivity contribution in [3.8, 4) is 0 Å². The van der Waals surface area contributed by atoms with E-state index >= 15 is 0 Å². The zero-order valence-corrected chi connectivity index (χ0v) is 10.1. The van der Waals surface area contributed by atoms with E-state index in [0.717, 1.165) is 0 Å². The second-order valence-corrected chi connectivity index (χ2v) is 3.89. The van der Waals surface area contributed by atoms with Crippen molar-refractivity contribution >= 4 is 23.3 Å². The number of aromatic nitrogens is 3. The number of rotatable bonds is 3. The lowest BCUT2D eigenvalue weighted by molar-refractivity contribution is 0.0950. The van der Waals surface area contributed by atoms with Gasteiger partial charge in [0.25, 0.3) is 5.91 Å². The molecule has 0 aliphatic rings. The predicted octanol–water partition coefficient (Wildman–Crippen LogP) is 1.04. The third-order valence-electron chi connectivity index (χ3n) is 2.13. The van der Waals surface area contributed by atoms with Crippen LogP contribution in [0, 0.1) is 0 Å². The van der Waals surface area contributed by atoms with E-state index in [2.05, 4.69) is 20.5 Å². The van der Waals surface area contributed by atoms with Gasteiger partial charge >= 0.3 is 0 Å². The SMILES string of the molecule is Nc1cc(C(=O)NCc2cccnn2)cc(Cl)n1. The third-order valence-corrected chi connectivity index (χ3v) is 2.33. The molecule has 2 aromatic heterocycles. The van der Waals surface area contributed by atoms with Crippen molar-refractivity contribution in [3.63, 3.8) is 0 Å². The van der Waals surface area contributed by atoms with Crippen LogP contribution in [0.3, 0.4) is 0 Å². The quantitative estimate of drug-likeness (QED) is 0.807.